The van der Waals surface area contributed by atoms with Crippen LogP contribution in [0.3, 0.4) is 0 Å². The van der Waals surface area contributed by atoms with Crippen LogP contribution in [0.5, 0.6) is 0 Å². The van der Waals surface area contributed by atoms with Crippen molar-refractivity contribution in [3.05, 3.63) is 33.8 Å². The molecule has 0 spiro atoms. The van der Waals surface area contributed by atoms with Crippen molar-refractivity contribution in [3.63, 3.8) is 0 Å². The van der Waals surface area contributed by atoms with Crippen LogP contribution < -0.4 is 5.32 Å². The first-order valence-corrected chi connectivity index (χ1v) is 8.99. The lowest BCUT2D eigenvalue weighted by Crippen LogP contribution is -2.23. The van der Waals surface area contributed by atoms with Gasteiger partial charge in [-0.1, -0.05) is 50.3 Å². The standard InChI is InChI=1S/C19H30ClN/c1-4-11-21-19(10-9-16-7-5-6-8-16)17-12-15(3)18(20)13-14(17)2/h12-13,16,19,21H,4-11H2,1-3H3. The average Bonchev–Trinajstić information content (AvgIpc) is 2.97. The van der Waals surface area contributed by atoms with Gasteiger partial charge in [-0.3, -0.25) is 0 Å². The monoisotopic (exact) mass is 307 g/mol. The normalized spacial score (nSPS) is 17.3. The van der Waals surface area contributed by atoms with E-state index in [9.17, 15) is 0 Å². The highest BCUT2D eigenvalue weighted by atomic mass is 35.5. The van der Waals surface area contributed by atoms with Gasteiger partial charge in [-0.15, -0.1) is 0 Å². The molecule has 0 amide bonds. The van der Waals surface area contributed by atoms with Crippen LogP contribution >= 0.6 is 11.6 Å². The number of aryl methyl sites for hydroxylation is 2. The Bertz CT molecular complexity index is 449. The maximum Gasteiger partial charge on any atom is 0.0438 e. The molecule has 21 heavy (non-hydrogen) atoms. The van der Waals surface area contributed by atoms with Crippen LogP contribution in [0.25, 0.3) is 0 Å². The van der Waals surface area contributed by atoms with E-state index in [1.807, 2.05) is 0 Å². The second-order valence-corrected chi connectivity index (χ2v) is 7.10. The SMILES string of the molecule is CCCNC(CCC1CCCC1)c1cc(C)c(Cl)cc1C. The first-order chi connectivity index (χ1) is 10.1. The van der Waals surface area contributed by atoms with Gasteiger partial charge < -0.3 is 5.32 Å². The zero-order chi connectivity index (χ0) is 15.2. The van der Waals surface area contributed by atoms with Crippen LogP contribution in [0.1, 0.15) is 74.6 Å². The Balaban J connectivity index is 2.08. The molecular formula is C19H30ClN. The zero-order valence-corrected chi connectivity index (χ0v) is 14.6. The predicted octanol–water partition coefficient (Wildman–Crippen LogP) is 5.97. The summed E-state index contributed by atoms with van der Waals surface area (Å²) in [7, 11) is 0. The summed E-state index contributed by atoms with van der Waals surface area (Å²) in [5.74, 6) is 0.963. The third-order valence-electron chi connectivity index (χ3n) is 4.90. The molecule has 0 heterocycles. The van der Waals surface area contributed by atoms with E-state index in [-0.39, 0.29) is 0 Å². The highest BCUT2D eigenvalue weighted by Crippen LogP contribution is 2.33. The molecule has 0 saturated heterocycles. The number of rotatable bonds is 7. The summed E-state index contributed by atoms with van der Waals surface area (Å²) in [6.45, 7) is 7.63. The number of nitrogens with one attached hydrogen (secondary N) is 1. The summed E-state index contributed by atoms with van der Waals surface area (Å²) in [6, 6.07) is 4.91. The second kappa shape index (κ2) is 8.19. The molecule has 1 aromatic rings. The van der Waals surface area contributed by atoms with Gasteiger partial charge in [0, 0.05) is 11.1 Å². The van der Waals surface area contributed by atoms with Crippen LogP contribution in [0, 0.1) is 19.8 Å². The lowest BCUT2D eigenvalue weighted by atomic mass is 9.91. The highest BCUT2D eigenvalue weighted by molar-refractivity contribution is 6.31. The minimum Gasteiger partial charge on any atom is -0.310 e. The van der Waals surface area contributed by atoms with Crippen LogP contribution in [-0.2, 0) is 0 Å². The van der Waals surface area contributed by atoms with Gasteiger partial charge in [-0.05, 0) is 68.3 Å². The topological polar surface area (TPSA) is 12.0 Å². The molecule has 1 unspecified atom stereocenters. The molecule has 0 radical (unpaired) electrons. The lowest BCUT2D eigenvalue weighted by molar-refractivity contribution is 0.411. The van der Waals surface area contributed by atoms with Crippen molar-refractivity contribution in [1.29, 1.82) is 0 Å². The molecular weight excluding hydrogens is 278 g/mol. The Morgan fingerprint density at radius 2 is 1.90 bits per heavy atom. The molecule has 1 N–H and O–H groups in total. The van der Waals surface area contributed by atoms with Crippen LogP contribution in [0.15, 0.2) is 12.1 Å². The third-order valence-corrected chi connectivity index (χ3v) is 5.31. The van der Waals surface area contributed by atoms with E-state index >= 15 is 0 Å². The van der Waals surface area contributed by atoms with Crippen molar-refractivity contribution < 1.29 is 0 Å². The molecule has 0 bridgehead atoms. The Hall–Kier alpha value is -0.530. The van der Waals surface area contributed by atoms with Crippen LogP contribution in [-0.4, -0.2) is 6.54 Å². The van der Waals surface area contributed by atoms with E-state index in [4.69, 9.17) is 11.6 Å². The van der Waals surface area contributed by atoms with Gasteiger partial charge in [-0.2, -0.15) is 0 Å². The van der Waals surface area contributed by atoms with Gasteiger partial charge in [0.05, 0.1) is 0 Å². The second-order valence-electron chi connectivity index (χ2n) is 6.69. The Kier molecular flexibility index (Phi) is 6.57. The quantitative estimate of drug-likeness (QED) is 0.654. The van der Waals surface area contributed by atoms with Crippen molar-refractivity contribution in [2.75, 3.05) is 6.54 Å². The molecule has 1 saturated carbocycles. The van der Waals surface area contributed by atoms with Crippen molar-refractivity contribution in [3.8, 4) is 0 Å². The van der Waals surface area contributed by atoms with Gasteiger partial charge >= 0.3 is 0 Å². The number of hydrogen-bond acceptors (Lipinski definition) is 1. The van der Waals surface area contributed by atoms with Gasteiger partial charge in [-0.25, -0.2) is 0 Å². The number of halogens is 1. The van der Waals surface area contributed by atoms with Crippen molar-refractivity contribution >= 4 is 11.6 Å². The predicted molar refractivity (Wildman–Crippen MR) is 93.2 cm³/mol. The zero-order valence-electron chi connectivity index (χ0n) is 13.8. The van der Waals surface area contributed by atoms with Crippen LogP contribution in [0.4, 0.5) is 0 Å². The fourth-order valence-electron chi connectivity index (χ4n) is 3.57. The van der Waals surface area contributed by atoms with E-state index in [1.54, 1.807) is 0 Å². The number of hydrogen-bond donors (Lipinski definition) is 1. The largest absolute Gasteiger partial charge is 0.310 e. The van der Waals surface area contributed by atoms with Gasteiger partial charge in [0.1, 0.15) is 0 Å². The summed E-state index contributed by atoms with van der Waals surface area (Å²) in [6.07, 6.45) is 9.58. The number of benzene rings is 1. The Morgan fingerprint density at radius 3 is 2.57 bits per heavy atom. The van der Waals surface area contributed by atoms with Gasteiger partial charge in [0.25, 0.3) is 0 Å². The van der Waals surface area contributed by atoms with Crippen molar-refractivity contribution in [2.24, 2.45) is 5.92 Å². The minimum atomic E-state index is 0.488. The fourth-order valence-corrected chi connectivity index (χ4v) is 3.78. The fraction of sp³-hybridized carbons (Fsp3) is 0.684. The molecule has 1 nitrogen and oxygen atoms in total. The van der Waals surface area contributed by atoms with E-state index in [0.717, 1.165) is 17.5 Å². The first kappa shape index (κ1) is 16.8. The van der Waals surface area contributed by atoms with Crippen molar-refractivity contribution in [1.82, 2.24) is 5.32 Å². The molecule has 2 heteroatoms. The highest BCUT2D eigenvalue weighted by Gasteiger charge is 2.19. The smallest absolute Gasteiger partial charge is 0.0438 e. The molecule has 1 atom stereocenters. The van der Waals surface area contributed by atoms with Gasteiger partial charge in [0.15, 0.2) is 0 Å². The average molecular weight is 308 g/mol. The van der Waals surface area contributed by atoms with Crippen molar-refractivity contribution in [2.45, 2.75) is 71.8 Å². The summed E-state index contributed by atoms with van der Waals surface area (Å²) in [4.78, 5) is 0. The first-order valence-electron chi connectivity index (χ1n) is 8.61. The summed E-state index contributed by atoms with van der Waals surface area (Å²) in [5, 5.41) is 4.64. The molecule has 118 valence electrons. The summed E-state index contributed by atoms with van der Waals surface area (Å²) >= 11 is 6.26. The van der Waals surface area contributed by atoms with Crippen LogP contribution in [0.2, 0.25) is 5.02 Å². The maximum absolute atomic E-state index is 6.26. The maximum atomic E-state index is 6.26. The minimum absolute atomic E-state index is 0.488. The Morgan fingerprint density at radius 1 is 1.19 bits per heavy atom. The molecule has 0 aromatic heterocycles. The summed E-state index contributed by atoms with van der Waals surface area (Å²) in [5.41, 5.74) is 3.97. The van der Waals surface area contributed by atoms with E-state index in [1.165, 1.54) is 61.6 Å². The molecule has 2 rings (SSSR count). The van der Waals surface area contributed by atoms with E-state index in [2.05, 4.69) is 38.2 Å². The third kappa shape index (κ3) is 4.72. The Labute approximate surface area is 135 Å². The summed E-state index contributed by atoms with van der Waals surface area (Å²) < 4.78 is 0. The van der Waals surface area contributed by atoms with E-state index < -0.39 is 0 Å². The van der Waals surface area contributed by atoms with E-state index in [0.29, 0.717) is 6.04 Å². The lowest BCUT2D eigenvalue weighted by Gasteiger charge is -2.23. The molecule has 1 fully saturated rings. The molecule has 0 aliphatic heterocycles. The molecule has 1 aliphatic rings. The molecule has 1 aliphatic carbocycles. The van der Waals surface area contributed by atoms with Gasteiger partial charge in [0.2, 0.25) is 0 Å². The molecule has 1 aromatic carbocycles.